The Hall–Kier alpha value is -1.42. The average molecular weight is 352 g/mol. The SMILES string of the molecule is COc1ccc([N+](=O)[O-])cc1S(=O)(=O)N1CCN[C@@H](C)C1.Cl. The van der Waals surface area contributed by atoms with E-state index in [1.807, 2.05) is 6.92 Å². The average Bonchev–Trinajstić information content (AvgIpc) is 2.46. The molecule has 1 saturated heterocycles. The van der Waals surface area contributed by atoms with Crippen molar-refractivity contribution in [3.63, 3.8) is 0 Å². The van der Waals surface area contributed by atoms with Crippen LogP contribution in [0.1, 0.15) is 6.92 Å². The Balaban J connectivity index is 0.00000242. The van der Waals surface area contributed by atoms with Gasteiger partial charge in [0.15, 0.2) is 0 Å². The smallest absolute Gasteiger partial charge is 0.271 e. The number of sulfonamides is 1. The predicted octanol–water partition coefficient (Wildman–Crippen LogP) is 1.01. The van der Waals surface area contributed by atoms with Gasteiger partial charge in [-0.15, -0.1) is 12.4 Å². The molecule has 1 fully saturated rings. The van der Waals surface area contributed by atoms with Crippen LogP contribution < -0.4 is 10.1 Å². The molecule has 0 unspecified atom stereocenters. The normalized spacial score (nSPS) is 19.3. The molecule has 1 aliphatic heterocycles. The molecule has 0 radical (unpaired) electrons. The number of hydrogen-bond acceptors (Lipinski definition) is 6. The second-order valence-corrected chi connectivity index (χ2v) is 6.72. The zero-order valence-electron chi connectivity index (χ0n) is 12.2. The highest BCUT2D eigenvalue weighted by atomic mass is 35.5. The van der Waals surface area contributed by atoms with Crippen molar-refractivity contribution in [2.75, 3.05) is 26.7 Å². The summed E-state index contributed by atoms with van der Waals surface area (Å²) in [6.45, 7) is 3.05. The first-order valence-corrected chi connectivity index (χ1v) is 7.86. The van der Waals surface area contributed by atoms with E-state index >= 15 is 0 Å². The number of piperazine rings is 1. The van der Waals surface area contributed by atoms with E-state index in [9.17, 15) is 18.5 Å². The van der Waals surface area contributed by atoms with Gasteiger partial charge in [-0.2, -0.15) is 4.31 Å². The van der Waals surface area contributed by atoms with Crippen LogP contribution in [0.25, 0.3) is 0 Å². The molecule has 0 saturated carbocycles. The number of nitrogens with one attached hydrogen (secondary N) is 1. The van der Waals surface area contributed by atoms with Gasteiger partial charge in [-0.05, 0) is 13.0 Å². The third-order valence-electron chi connectivity index (χ3n) is 3.31. The molecule has 0 aromatic heterocycles. The molecular formula is C12H18ClN3O5S. The molecule has 1 atom stereocenters. The van der Waals surface area contributed by atoms with Crippen molar-refractivity contribution in [2.24, 2.45) is 0 Å². The standard InChI is InChI=1S/C12H17N3O5S.ClH/c1-9-8-14(6-5-13-9)21(18,19)12-7-10(15(16)17)3-4-11(12)20-2;/h3-4,7,9,13H,5-6,8H2,1-2H3;1H/t9-;/m0./s1. The molecule has 1 heterocycles. The van der Waals surface area contributed by atoms with Crippen LogP contribution in [0, 0.1) is 10.1 Å². The lowest BCUT2D eigenvalue weighted by molar-refractivity contribution is -0.385. The summed E-state index contributed by atoms with van der Waals surface area (Å²) in [5, 5.41) is 14.0. The lowest BCUT2D eigenvalue weighted by atomic mass is 10.3. The summed E-state index contributed by atoms with van der Waals surface area (Å²) >= 11 is 0. The van der Waals surface area contributed by atoms with Crippen LogP contribution in [0.5, 0.6) is 5.75 Å². The van der Waals surface area contributed by atoms with Crippen LogP contribution in [0.15, 0.2) is 23.1 Å². The number of halogens is 1. The van der Waals surface area contributed by atoms with Gasteiger partial charge in [-0.1, -0.05) is 0 Å². The summed E-state index contributed by atoms with van der Waals surface area (Å²) in [5.41, 5.74) is -0.280. The summed E-state index contributed by atoms with van der Waals surface area (Å²) in [7, 11) is -2.50. The van der Waals surface area contributed by atoms with Crippen LogP contribution >= 0.6 is 12.4 Å². The van der Waals surface area contributed by atoms with Gasteiger partial charge in [0, 0.05) is 37.8 Å². The second kappa shape index (κ2) is 7.23. The van der Waals surface area contributed by atoms with Gasteiger partial charge < -0.3 is 10.1 Å². The van der Waals surface area contributed by atoms with E-state index in [-0.39, 0.29) is 34.8 Å². The highest BCUT2D eigenvalue weighted by molar-refractivity contribution is 7.89. The fourth-order valence-corrected chi connectivity index (χ4v) is 3.94. The van der Waals surface area contributed by atoms with E-state index in [2.05, 4.69) is 5.32 Å². The molecule has 1 aromatic carbocycles. The van der Waals surface area contributed by atoms with Crippen molar-refractivity contribution in [3.8, 4) is 5.75 Å². The third-order valence-corrected chi connectivity index (χ3v) is 5.19. The lowest BCUT2D eigenvalue weighted by Gasteiger charge is -2.31. The molecule has 2 rings (SSSR count). The molecule has 124 valence electrons. The molecule has 22 heavy (non-hydrogen) atoms. The monoisotopic (exact) mass is 351 g/mol. The van der Waals surface area contributed by atoms with E-state index in [1.165, 1.54) is 23.5 Å². The van der Waals surface area contributed by atoms with Gasteiger partial charge in [-0.25, -0.2) is 8.42 Å². The number of nitro groups is 1. The Kier molecular flexibility index (Phi) is 6.12. The zero-order chi connectivity index (χ0) is 15.6. The number of nitro benzene ring substituents is 1. The fraction of sp³-hybridized carbons (Fsp3) is 0.500. The first-order chi connectivity index (χ1) is 9.86. The molecule has 8 nitrogen and oxygen atoms in total. The molecule has 1 aliphatic rings. The predicted molar refractivity (Wildman–Crippen MR) is 83.1 cm³/mol. The number of methoxy groups -OCH3 is 1. The van der Waals surface area contributed by atoms with Crippen LogP contribution in [0.3, 0.4) is 0 Å². The van der Waals surface area contributed by atoms with Crippen molar-refractivity contribution >= 4 is 28.1 Å². The largest absolute Gasteiger partial charge is 0.495 e. The third kappa shape index (κ3) is 3.67. The Bertz CT molecular complexity index is 652. The minimum Gasteiger partial charge on any atom is -0.495 e. The summed E-state index contributed by atoms with van der Waals surface area (Å²) in [5.74, 6) is 0.104. The molecule has 10 heteroatoms. The molecule has 1 N–H and O–H groups in total. The van der Waals surface area contributed by atoms with E-state index in [0.717, 1.165) is 6.07 Å². The summed E-state index contributed by atoms with van der Waals surface area (Å²) in [6, 6.07) is 3.59. The molecule has 1 aromatic rings. The summed E-state index contributed by atoms with van der Waals surface area (Å²) < 4.78 is 31.7. The molecule has 0 aliphatic carbocycles. The molecule has 0 amide bonds. The molecule has 0 spiro atoms. The fourth-order valence-electron chi connectivity index (χ4n) is 2.23. The quantitative estimate of drug-likeness (QED) is 0.641. The van der Waals surface area contributed by atoms with Gasteiger partial charge in [0.1, 0.15) is 10.6 Å². The first-order valence-electron chi connectivity index (χ1n) is 6.42. The van der Waals surface area contributed by atoms with E-state index < -0.39 is 14.9 Å². The van der Waals surface area contributed by atoms with Gasteiger partial charge >= 0.3 is 0 Å². The molecule has 0 bridgehead atoms. The Morgan fingerprint density at radius 2 is 2.14 bits per heavy atom. The maximum Gasteiger partial charge on any atom is 0.271 e. The summed E-state index contributed by atoms with van der Waals surface area (Å²) in [4.78, 5) is 10.1. The lowest BCUT2D eigenvalue weighted by Crippen LogP contribution is -2.51. The number of ether oxygens (including phenoxy) is 1. The zero-order valence-corrected chi connectivity index (χ0v) is 13.8. The van der Waals surface area contributed by atoms with Crippen molar-refractivity contribution in [2.45, 2.75) is 17.9 Å². The van der Waals surface area contributed by atoms with Crippen LogP contribution in [0.2, 0.25) is 0 Å². The van der Waals surface area contributed by atoms with E-state index in [4.69, 9.17) is 4.74 Å². The van der Waals surface area contributed by atoms with Gasteiger partial charge in [0.2, 0.25) is 10.0 Å². The topological polar surface area (TPSA) is 102 Å². The van der Waals surface area contributed by atoms with Crippen LogP contribution in [-0.4, -0.2) is 50.4 Å². The number of rotatable bonds is 4. The van der Waals surface area contributed by atoms with Crippen molar-refractivity contribution < 1.29 is 18.1 Å². The van der Waals surface area contributed by atoms with Gasteiger partial charge in [0.05, 0.1) is 12.0 Å². The van der Waals surface area contributed by atoms with Crippen molar-refractivity contribution in [3.05, 3.63) is 28.3 Å². The van der Waals surface area contributed by atoms with Crippen LogP contribution in [-0.2, 0) is 10.0 Å². The second-order valence-electron chi connectivity index (χ2n) is 4.81. The molecular weight excluding hydrogens is 334 g/mol. The number of hydrogen-bond donors (Lipinski definition) is 1. The minimum atomic E-state index is -3.83. The summed E-state index contributed by atoms with van der Waals surface area (Å²) in [6.07, 6.45) is 0. The number of benzene rings is 1. The van der Waals surface area contributed by atoms with Crippen molar-refractivity contribution in [1.82, 2.24) is 9.62 Å². The van der Waals surface area contributed by atoms with E-state index in [1.54, 1.807) is 0 Å². The number of nitrogens with zero attached hydrogens (tertiary/aromatic N) is 2. The van der Waals surface area contributed by atoms with Gasteiger partial charge in [0.25, 0.3) is 5.69 Å². The maximum absolute atomic E-state index is 12.7. The Labute approximate surface area is 135 Å². The highest BCUT2D eigenvalue weighted by Gasteiger charge is 2.32. The van der Waals surface area contributed by atoms with E-state index in [0.29, 0.717) is 19.6 Å². The Morgan fingerprint density at radius 1 is 1.45 bits per heavy atom. The van der Waals surface area contributed by atoms with Gasteiger partial charge in [-0.3, -0.25) is 10.1 Å². The number of non-ortho nitro benzene ring substituents is 1. The minimum absolute atomic E-state index is 0. The first kappa shape index (κ1) is 18.6. The van der Waals surface area contributed by atoms with Crippen molar-refractivity contribution in [1.29, 1.82) is 0 Å². The Morgan fingerprint density at radius 3 is 2.68 bits per heavy atom. The maximum atomic E-state index is 12.7. The highest BCUT2D eigenvalue weighted by Crippen LogP contribution is 2.30. The van der Waals surface area contributed by atoms with Crippen LogP contribution in [0.4, 0.5) is 5.69 Å².